The van der Waals surface area contributed by atoms with Crippen LogP contribution in [0.4, 0.5) is 0 Å². The molecule has 12 N–H and O–H groups in total. The number of rotatable bonds is 15. The van der Waals surface area contributed by atoms with Crippen LogP contribution in [0.5, 0.6) is 0 Å². The third-order valence-corrected chi connectivity index (χ3v) is 19.8. The van der Waals surface area contributed by atoms with E-state index in [9.17, 15) is 61.3 Å². The molecule has 4 aliphatic carbocycles. The van der Waals surface area contributed by atoms with Crippen molar-refractivity contribution in [3.05, 3.63) is 11.6 Å². The number of fused-ring (bicyclic) bond motifs is 7. The molecule has 0 aromatic heterocycles. The smallest absolute Gasteiger partial charge is 0.187 e. The minimum Gasteiger partial charge on any atom is -0.394 e. The number of ether oxygens (including phenoxy) is 10. The molecule has 22 heteroatoms. The third kappa shape index (κ3) is 10.1. The van der Waals surface area contributed by atoms with Gasteiger partial charge in [0.15, 0.2) is 30.9 Å². The second-order valence-corrected chi connectivity index (χ2v) is 24.0. The lowest BCUT2D eigenvalue weighted by Crippen LogP contribution is -2.66. The number of methoxy groups -OCH3 is 1. The summed E-state index contributed by atoms with van der Waals surface area (Å²) in [5, 5.41) is 127. The van der Waals surface area contributed by atoms with E-state index in [1.165, 1.54) is 19.4 Å². The molecule has 5 heterocycles. The normalized spacial score (nSPS) is 54.9. The molecule has 3 saturated carbocycles. The number of aliphatic hydroxyl groups excluding tert-OH is 12. The van der Waals surface area contributed by atoms with E-state index in [1.807, 2.05) is 6.92 Å². The minimum absolute atomic E-state index is 0.00465. The first-order chi connectivity index (χ1) is 35.0. The van der Waals surface area contributed by atoms with Crippen LogP contribution in [0.2, 0.25) is 0 Å². The zero-order valence-corrected chi connectivity index (χ0v) is 43.7. The lowest BCUT2D eigenvalue weighted by molar-refractivity contribution is -0.388. The van der Waals surface area contributed by atoms with Crippen molar-refractivity contribution >= 4 is 0 Å². The van der Waals surface area contributed by atoms with Gasteiger partial charge in [0.25, 0.3) is 0 Å². The van der Waals surface area contributed by atoms with Crippen molar-refractivity contribution in [1.29, 1.82) is 0 Å². The highest BCUT2D eigenvalue weighted by Crippen LogP contribution is 2.70. The lowest BCUT2D eigenvalue weighted by atomic mass is 9.47. The SMILES string of the molecule is CO[C@]1(CC[C@@H](C)CO[C@@H]2O[C@H](CO)[C@@H](O)[C@H](O)[C@H]2O)O[C@H]2C[C@H]3[C@@H]4CC=C5C[C@@H](O[C@@H]6O[C@H](CO)[C@H](O[C@@H]7O[C@@H](C)[C@H](O)[C@@H](O)[C@H]7O)[C@H](O)[C@H]6O[C@@H]6O[C@@H](C)[C@H](O)[C@@H](O)[C@H]6O)CC[C@]5(C)[C@H]4CC[C@]3(C)C2[C@@H]1C. The Hall–Kier alpha value is -1.14. The Kier molecular flexibility index (Phi) is 17.4. The highest BCUT2D eigenvalue weighted by Gasteiger charge is 2.68. The molecule has 426 valence electrons. The summed E-state index contributed by atoms with van der Waals surface area (Å²) in [6.45, 7) is 11.1. The highest BCUT2D eigenvalue weighted by molar-refractivity contribution is 5.26. The monoisotopic (exact) mass is 1060 g/mol. The van der Waals surface area contributed by atoms with Crippen molar-refractivity contribution < 1.29 is 109 Å². The standard InChI is InChI=1S/C52H86O22/c1-21(20-66-46-40(61)39(60)36(57)31(18-53)70-46)10-15-52(65-7)22(2)33-30(74-52)17-29-27-9-8-25-16-26(11-13-50(25,5)28(27)12-14-51(29,33)6)69-49-45(73-48-42(63)38(59)35(56)24(4)68-48)43(64)44(32(19-54)71-49)72-47-41(62)37(58)34(55)23(3)67-47/h8,21-24,26-49,53-64H,9-20H2,1-7H3/t21-,22+,23+,24+,26+,27-,28+,29+,30+,31-,32-,33?,34+,35+,36-,37-,38-,39+,40-,41-,42-,43+,44+,45-,46-,47+,48+,49-,50+,51+,52-/m1/s1. The zero-order valence-electron chi connectivity index (χ0n) is 43.7. The Morgan fingerprint density at radius 2 is 1.24 bits per heavy atom. The van der Waals surface area contributed by atoms with Gasteiger partial charge in [-0.2, -0.15) is 0 Å². The van der Waals surface area contributed by atoms with Crippen LogP contribution in [0.3, 0.4) is 0 Å². The molecule has 31 atom stereocenters. The van der Waals surface area contributed by atoms with E-state index in [0.717, 1.165) is 32.1 Å². The van der Waals surface area contributed by atoms with Gasteiger partial charge in [-0.3, -0.25) is 0 Å². The average Bonchev–Trinajstić information content (AvgIpc) is 3.84. The van der Waals surface area contributed by atoms with Crippen molar-refractivity contribution in [3.63, 3.8) is 0 Å². The Bertz CT molecular complexity index is 1920. The molecule has 0 spiro atoms. The fourth-order valence-corrected chi connectivity index (χ4v) is 15.3. The maximum absolute atomic E-state index is 12.1. The van der Waals surface area contributed by atoms with Crippen LogP contribution in [0, 0.1) is 46.3 Å². The first kappa shape index (κ1) is 57.5. The molecule has 5 saturated heterocycles. The molecule has 8 fully saturated rings. The fourth-order valence-electron chi connectivity index (χ4n) is 15.3. The van der Waals surface area contributed by atoms with Gasteiger partial charge < -0.3 is 109 Å². The van der Waals surface area contributed by atoms with Crippen LogP contribution in [0.25, 0.3) is 0 Å². The number of hydrogen-bond donors (Lipinski definition) is 12. The van der Waals surface area contributed by atoms with Crippen molar-refractivity contribution in [2.75, 3.05) is 26.9 Å². The van der Waals surface area contributed by atoms with E-state index in [-0.39, 0.29) is 41.3 Å². The average molecular weight is 1060 g/mol. The molecule has 0 radical (unpaired) electrons. The quantitative estimate of drug-likeness (QED) is 0.0846. The van der Waals surface area contributed by atoms with E-state index in [2.05, 4.69) is 26.8 Å². The summed E-state index contributed by atoms with van der Waals surface area (Å²) >= 11 is 0. The van der Waals surface area contributed by atoms with Gasteiger partial charge in [-0.05, 0) is 106 Å². The predicted molar refractivity (Wildman–Crippen MR) is 254 cm³/mol. The van der Waals surface area contributed by atoms with Crippen LogP contribution in [0.15, 0.2) is 11.6 Å². The minimum atomic E-state index is -1.74. The maximum Gasteiger partial charge on any atom is 0.187 e. The Morgan fingerprint density at radius 3 is 1.86 bits per heavy atom. The number of aliphatic hydroxyl groups is 12. The predicted octanol–water partition coefficient (Wildman–Crippen LogP) is -1.33. The molecular formula is C52H86O22. The van der Waals surface area contributed by atoms with E-state index >= 15 is 0 Å². The number of hydrogen-bond acceptors (Lipinski definition) is 22. The topological polar surface area (TPSA) is 335 Å². The van der Waals surface area contributed by atoms with Gasteiger partial charge in [0.1, 0.15) is 85.5 Å². The molecule has 1 unspecified atom stereocenters. The molecule has 74 heavy (non-hydrogen) atoms. The summed E-state index contributed by atoms with van der Waals surface area (Å²) in [6, 6.07) is 0. The van der Waals surface area contributed by atoms with Gasteiger partial charge >= 0.3 is 0 Å². The summed E-state index contributed by atoms with van der Waals surface area (Å²) < 4.78 is 61.5. The second-order valence-electron chi connectivity index (χ2n) is 24.0. The molecular weight excluding hydrogens is 977 g/mol. The largest absolute Gasteiger partial charge is 0.394 e. The van der Waals surface area contributed by atoms with Gasteiger partial charge in [-0.25, -0.2) is 0 Å². The Morgan fingerprint density at radius 1 is 0.649 bits per heavy atom. The van der Waals surface area contributed by atoms with Crippen molar-refractivity contribution in [3.8, 4) is 0 Å². The summed E-state index contributed by atoms with van der Waals surface area (Å²) in [7, 11) is 1.72. The van der Waals surface area contributed by atoms with Gasteiger partial charge in [0.05, 0.1) is 44.2 Å². The van der Waals surface area contributed by atoms with Gasteiger partial charge in [0.2, 0.25) is 0 Å². The van der Waals surface area contributed by atoms with Gasteiger partial charge in [0, 0.05) is 19.4 Å². The molecule has 0 aromatic rings. The third-order valence-electron chi connectivity index (χ3n) is 19.8. The molecule has 9 aliphatic rings. The summed E-state index contributed by atoms with van der Waals surface area (Å²) in [5.41, 5.74) is 1.19. The lowest BCUT2D eigenvalue weighted by Gasteiger charge is -2.58. The fraction of sp³-hybridized carbons (Fsp3) is 0.962. The van der Waals surface area contributed by atoms with Crippen molar-refractivity contribution in [1.82, 2.24) is 0 Å². The van der Waals surface area contributed by atoms with Crippen molar-refractivity contribution in [2.24, 2.45) is 46.3 Å². The van der Waals surface area contributed by atoms with Gasteiger partial charge in [-0.1, -0.05) is 39.3 Å². The number of allylic oxidation sites excluding steroid dienone is 1. The molecule has 0 bridgehead atoms. The summed E-state index contributed by atoms with van der Waals surface area (Å²) in [5.74, 6) is 0.884. The van der Waals surface area contributed by atoms with Crippen LogP contribution in [-0.4, -0.2) is 229 Å². The van der Waals surface area contributed by atoms with Crippen LogP contribution < -0.4 is 0 Å². The molecule has 9 rings (SSSR count). The van der Waals surface area contributed by atoms with E-state index in [0.29, 0.717) is 43.4 Å². The Balaban J connectivity index is 0.854. The van der Waals surface area contributed by atoms with Crippen LogP contribution in [0.1, 0.15) is 99.3 Å². The molecule has 0 aromatic carbocycles. The Labute approximate surface area is 432 Å². The molecule has 5 aliphatic heterocycles. The zero-order chi connectivity index (χ0) is 53.5. The van der Waals surface area contributed by atoms with E-state index < -0.39 is 148 Å². The highest BCUT2D eigenvalue weighted by atomic mass is 16.8. The van der Waals surface area contributed by atoms with Crippen LogP contribution >= 0.6 is 0 Å². The van der Waals surface area contributed by atoms with E-state index in [4.69, 9.17) is 47.4 Å². The second kappa shape index (κ2) is 22.4. The molecule has 0 amide bonds. The van der Waals surface area contributed by atoms with Crippen molar-refractivity contribution in [2.45, 2.75) is 240 Å². The van der Waals surface area contributed by atoms with Crippen LogP contribution in [-0.2, 0) is 47.4 Å². The van der Waals surface area contributed by atoms with Gasteiger partial charge in [-0.15, -0.1) is 0 Å². The maximum atomic E-state index is 12.1. The molecule has 22 nitrogen and oxygen atoms in total. The summed E-state index contributed by atoms with van der Waals surface area (Å²) in [4.78, 5) is 0. The first-order valence-corrected chi connectivity index (χ1v) is 27.2. The first-order valence-electron chi connectivity index (χ1n) is 27.2. The van der Waals surface area contributed by atoms with E-state index in [1.54, 1.807) is 7.11 Å². The summed E-state index contributed by atoms with van der Waals surface area (Å²) in [6.07, 6.45) is -19.4.